The molecular formula is C17H26N2O2. The van der Waals surface area contributed by atoms with E-state index in [2.05, 4.69) is 5.10 Å². The summed E-state index contributed by atoms with van der Waals surface area (Å²) in [5.41, 5.74) is 2.83. The molecule has 2 aliphatic rings. The molecule has 1 atom stereocenters. The monoisotopic (exact) mass is 290 g/mol. The highest BCUT2D eigenvalue weighted by Gasteiger charge is 2.42. The van der Waals surface area contributed by atoms with Crippen LogP contribution in [-0.4, -0.2) is 27.3 Å². The summed E-state index contributed by atoms with van der Waals surface area (Å²) in [6.07, 6.45) is 8.17. The zero-order chi connectivity index (χ0) is 15.0. The molecule has 116 valence electrons. The number of carbonyl (C=O) groups excluding carboxylic acids is 1. The Morgan fingerprint density at radius 2 is 2.05 bits per heavy atom. The first kappa shape index (κ1) is 14.8. The number of ketones is 1. The van der Waals surface area contributed by atoms with Gasteiger partial charge in [0.25, 0.3) is 0 Å². The second-order valence-corrected chi connectivity index (χ2v) is 6.67. The third kappa shape index (κ3) is 2.66. The molecule has 1 saturated heterocycles. The average molecular weight is 290 g/mol. The molecular weight excluding hydrogens is 264 g/mol. The summed E-state index contributed by atoms with van der Waals surface area (Å²) in [6, 6.07) is 0. The van der Waals surface area contributed by atoms with Crippen molar-refractivity contribution >= 4 is 5.78 Å². The molecule has 4 nitrogen and oxygen atoms in total. The standard InChI is InChI=1S/C17H26N2O2/c1-4-15(20)16-12(2)18-19(13(16)3)11-14-7-10-17(21-14)8-5-6-9-17/h14H,4-11H2,1-3H3. The minimum absolute atomic E-state index is 0.169. The maximum atomic E-state index is 12.0. The van der Waals surface area contributed by atoms with Crippen LogP contribution < -0.4 is 0 Å². The lowest BCUT2D eigenvalue weighted by molar-refractivity contribution is -0.0431. The second kappa shape index (κ2) is 5.56. The molecule has 0 bridgehead atoms. The highest BCUT2D eigenvalue weighted by molar-refractivity contribution is 5.97. The molecule has 0 radical (unpaired) electrons. The zero-order valence-electron chi connectivity index (χ0n) is 13.4. The largest absolute Gasteiger partial charge is 0.370 e. The highest BCUT2D eigenvalue weighted by atomic mass is 16.5. The first-order valence-corrected chi connectivity index (χ1v) is 8.30. The molecule has 1 aliphatic carbocycles. The molecule has 4 heteroatoms. The van der Waals surface area contributed by atoms with Gasteiger partial charge in [0.05, 0.1) is 29.5 Å². The topological polar surface area (TPSA) is 44.1 Å². The summed E-state index contributed by atoms with van der Waals surface area (Å²) in [4.78, 5) is 12.0. The molecule has 2 heterocycles. The summed E-state index contributed by atoms with van der Waals surface area (Å²) < 4.78 is 8.34. The Morgan fingerprint density at radius 3 is 2.71 bits per heavy atom. The van der Waals surface area contributed by atoms with Crippen molar-refractivity contribution < 1.29 is 9.53 Å². The third-order valence-electron chi connectivity index (χ3n) is 5.21. The van der Waals surface area contributed by atoms with E-state index in [4.69, 9.17) is 4.74 Å². The number of hydrogen-bond acceptors (Lipinski definition) is 3. The molecule has 0 aromatic carbocycles. The lowest BCUT2D eigenvalue weighted by Crippen LogP contribution is -2.27. The van der Waals surface area contributed by atoms with Crippen LogP contribution in [0.1, 0.15) is 73.6 Å². The number of hydrogen-bond donors (Lipinski definition) is 0. The first-order chi connectivity index (χ1) is 10.0. The number of ether oxygens (including phenoxy) is 1. The quantitative estimate of drug-likeness (QED) is 0.796. The van der Waals surface area contributed by atoms with Gasteiger partial charge in [-0.1, -0.05) is 19.8 Å². The normalized spacial score (nSPS) is 24.0. The highest BCUT2D eigenvalue weighted by Crippen LogP contribution is 2.43. The minimum atomic E-state index is 0.169. The third-order valence-corrected chi connectivity index (χ3v) is 5.21. The predicted octanol–water partition coefficient (Wildman–Crippen LogP) is 3.58. The van der Waals surface area contributed by atoms with Crippen molar-refractivity contribution in [3.8, 4) is 0 Å². The van der Waals surface area contributed by atoms with Crippen LogP contribution in [0.15, 0.2) is 0 Å². The van der Waals surface area contributed by atoms with E-state index in [0.717, 1.165) is 29.9 Å². The van der Waals surface area contributed by atoms with Gasteiger partial charge in [-0.15, -0.1) is 0 Å². The Morgan fingerprint density at radius 1 is 1.33 bits per heavy atom. The fraction of sp³-hybridized carbons (Fsp3) is 0.765. The van der Waals surface area contributed by atoms with Gasteiger partial charge in [0.1, 0.15) is 0 Å². The van der Waals surface area contributed by atoms with Crippen LogP contribution >= 0.6 is 0 Å². The van der Waals surface area contributed by atoms with Crippen LogP contribution in [-0.2, 0) is 11.3 Å². The fourth-order valence-corrected chi connectivity index (χ4v) is 4.06. The van der Waals surface area contributed by atoms with E-state index in [0.29, 0.717) is 6.42 Å². The summed E-state index contributed by atoms with van der Waals surface area (Å²) >= 11 is 0. The van der Waals surface area contributed by atoms with Crippen LogP contribution in [0.2, 0.25) is 0 Å². The molecule has 1 saturated carbocycles. The van der Waals surface area contributed by atoms with Gasteiger partial charge in [0, 0.05) is 12.1 Å². The van der Waals surface area contributed by atoms with E-state index < -0.39 is 0 Å². The molecule has 1 unspecified atom stereocenters. The Kier molecular flexibility index (Phi) is 3.91. The molecule has 0 N–H and O–H groups in total. The molecule has 3 rings (SSSR count). The molecule has 1 spiro atoms. The predicted molar refractivity (Wildman–Crippen MR) is 81.6 cm³/mol. The van der Waals surface area contributed by atoms with Gasteiger partial charge in [0.2, 0.25) is 0 Å². The Hall–Kier alpha value is -1.16. The van der Waals surface area contributed by atoms with Gasteiger partial charge in [0.15, 0.2) is 5.78 Å². The number of nitrogens with zero attached hydrogens (tertiary/aromatic N) is 2. The summed E-state index contributed by atoms with van der Waals surface area (Å²) in [7, 11) is 0. The van der Waals surface area contributed by atoms with Gasteiger partial charge in [-0.05, 0) is 39.5 Å². The van der Waals surface area contributed by atoms with Crippen LogP contribution in [0.5, 0.6) is 0 Å². The van der Waals surface area contributed by atoms with Gasteiger partial charge in [-0.25, -0.2) is 0 Å². The summed E-state index contributed by atoms with van der Waals surface area (Å²) in [5, 5.41) is 4.57. The zero-order valence-corrected chi connectivity index (χ0v) is 13.4. The number of rotatable bonds is 4. The summed E-state index contributed by atoms with van der Waals surface area (Å²) in [5.74, 6) is 0.191. The van der Waals surface area contributed by atoms with E-state index in [-0.39, 0.29) is 17.5 Å². The van der Waals surface area contributed by atoms with E-state index in [1.54, 1.807) is 0 Å². The van der Waals surface area contributed by atoms with Gasteiger partial charge < -0.3 is 4.74 Å². The van der Waals surface area contributed by atoms with Crippen molar-refractivity contribution in [2.45, 2.75) is 84.0 Å². The molecule has 1 aromatic heterocycles. The smallest absolute Gasteiger partial charge is 0.166 e. The molecule has 1 aromatic rings. The summed E-state index contributed by atoms with van der Waals surface area (Å²) in [6.45, 7) is 6.62. The lowest BCUT2D eigenvalue weighted by atomic mass is 9.98. The van der Waals surface area contributed by atoms with Crippen LogP contribution in [0.25, 0.3) is 0 Å². The van der Waals surface area contributed by atoms with Gasteiger partial charge >= 0.3 is 0 Å². The molecule has 1 aliphatic heterocycles. The van der Waals surface area contributed by atoms with Crippen molar-refractivity contribution in [2.75, 3.05) is 0 Å². The van der Waals surface area contributed by atoms with Crippen LogP contribution in [0.4, 0.5) is 0 Å². The van der Waals surface area contributed by atoms with Crippen LogP contribution in [0.3, 0.4) is 0 Å². The average Bonchev–Trinajstić information content (AvgIpc) is 3.14. The number of aromatic nitrogens is 2. The first-order valence-electron chi connectivity index (χ1n) is 8.30. The van der Waals surface area contributed by atoms with Crippen molar-refractivity contribution in [3.63, 3.8) is 0 Å². The molecule has 2 fully saturated rings. The maximum absolute atomic E-state index is 12.0. The number of aryl methyl sites for hydroxylation is 1. The SMILES string of the molecule is CCC(=O)c1c(C)nn(CC2CCC3(CCCC3)O2)c1C. The number of Topliss-reactive ketones (excluding diaryl/α,β-unsaturated/α-hetero) is 1. The number of carbonyl (C=O) groups is 1. The van der Waals surface area contributed by atoms with Gasteiger partial charge in [-0.3, -0.25) is 9.48 Å². The Labute approximate surface area is 126 Å². The van der Waals surface area contributed by atoms with E-state index in [1.165, 1.54) is 32.1 Å². The van der Waals surface area contributed by atoms with E-state index >= 15 is 0 Å². The van der Waals surface area contributed by atoms with Crippen molar-refractivity contribution in [3.05, 3.63) is 17.0 Å². The van der Waals surface area contributed by atoms with Crippen LogP contribution in [0, 0.1) is 13.8 Å². The Balaban J connectivity index is 1.73. The van der Waals surface area contributed by atoms with E-state index in [9.17, 15) is 4.79 Å². The molecule has 21 heavy (non-hydrogen) atoms. The maximum Gasteiger partial charge on any atom is 0.166 e. The van der Waals surface area contributed by atoms with Crippen molar-refractivity contribution in [2.24, 2.45) is 0 Å². The minimum Gasteiger partial charge on any atom is -0.370 e. The Bertz CT molecular complexity index is 541. The lowest BCUT2D eigenvalue weighted by Gasteiger charge is -2.24. The van der Waals surface area contributed by atoms with E-state index in [1.807, 2.05) is 25.5 Å². The molecule has 0 amide bonds. The second-order valence-electron chi connectivity index (χ2n) is 6.67. The fourth-order valence-electron chi connectivity index (χ4n) is 4.06. The van der Waals surface area contributed by atoms with Crippen molar-refractivity contribution in [1.82, 2.24) is 9.78 Å². The van der Waals surface area contributed by atoms with Gasteiger partial charge in [-0.2, -0.15) is 5.10 Å². The van der Waals surface area contributed by atoms with Crippen molar-refractivity contribution in [1.29, 1.82) is 0 Å².